The minimum atomic E-state index is -0.772. The van der Waals surface area contributed by atoms with Crippen molar-refractivity contribution in [3.05, 3.63) is 29.3 Å². The molecule has 0 aliphatic carbocycles. The molecular weight excluding hydrogens is 316 g/mol. The van der Waals surface area contributed by atoms with Crippen molar-refractivity contribution < 1.29 is 14.7 Å². The molecule has 23 heavy (non-hydrogen) atoms. The van der Waals surface area contributed by atoms with Crippen LogP contribution in [0.5, 0.6) is 0 Å². The van der Waals surface area contributed by atoms with Crippen LogP contribution in [-0.2, 0) is 9.59 Å². The summed E-state index contributed by atoms with van der Waals surface area (Å²) in [4.78, 5) is 28.0. The quantitative estimate of drug-likeness (QED) is 0.921. The summed E-state index contributed by atoms with van der Waals surface area (Å²) in [5.74, 6) is -1.07. The Morgan fingerprint density at radius 3 is 2.70 bits per heavy atom. The summed E-state index contributed by atoms with van der Waals surface area (Å²) in [6.45, 7) is 3.70. The average molecular weight is 337 g/mol. The smallest absolute Gasteiger partial charge is 0.308 e. The van der Waals surface area contributed by atoms with E-state index in [2.05, 4.69) is 0 Å². The van der Waals surface area contributed by atoms with Gasteiger partial charge in [-0.25, -0.2) is 0 Å². The van der Waals surface area contributed by atoms with Crippen molar-refractivity contribution >= 4 is 29.2 Å². The number of carbonyl (C=O) groups is 2. The zero-order valence-electron chi connectivity index (χ0n) is 13.1. The summed E-state index contributed by atoms with van der Waals surface area (Å²) in [6.07, 6.45) is 1.67. The van der Waals surface area contributed by atoms with Crippen molar-refractivity contribution in [2.24, 2.45) is 11.8 Å². The summed E-state index contributed by atoms with van der Waals surface area (Å²) in [7, 11) is 0. The molecule has 1 aromatic rings. The fraction of sp³-hybridized carbons (Fsp3) is 0.529. The Labute approximate surface area is 140 Å². The molecule has 2 fully saturated rings. The van der Waals surface area contributed by atoms with E-state index < -0.39 is 11.9 Å². The number of piperidine rings is 1. The first-order chi connectivity index (χ1) is 11.0. The van der Waals surface area contributed by atoms with Crippen molar-refractivity contribution in [2.45, 2.75) is 25.8 Å². The highest BCUT2D eigenvalue weighted by atomic mass is 35.5. The van der Waals surface area contributed by atoms with Crippen LogP contribution in [-0.4, -0.2) is 47.6 Å². The van der Waals surface area contributed by atoms with Crippen LogP contribution in [0.3, 0.4) is 0 Å². The number of carbonyl (C=O) groups excluding carboxylic acids is 1. The van der Waals surface area contributed by atoms with Crippen LogP contribution in [0.1, 0.15) is 19.8 Å². The molecule has 3 atom stereocenters. The normalized spacial score (nSPS) is 29.0. The molecule has 2 aliphatic heterocycles. The Bertz CT molecular complexity index is 622. The Hall–Kier alpha value is -1.59. The zero-order chi connectivity index (χ0) is 16.6. The Kier molecular flexibility index (Phi) is 4.60. The molecule has 3 rings (SSSR count). The molecule has 1 aromatic carbocycles. The molecule has 1 amide bonds. The Balaban J connectivity index is 1.79. The second kappa shape index (κ2) is 6.49. The molecule has 2 saturated heterocycles. The van der Waals surface area contributed by atoms with E-state index in [0.717, 1.165) is 18.5 Å². The average Bonchev–Trinajstić information content (AvgIpc) is 2.90. The first-order valence-electron chi connectivity index (χ1n) is 8.02. The predicted molar refractivity (Wildman–Crippen MR) is 88.7 cm³/mol. The molecule has 1 N–H and O–H groups in total. The lowest BCUT2D eigenvalue weighted by Gasteiger charge is -2.37. The van der Waals surface area contributed by atoms with E-state index >= 15 is 0 Å². The van der Waals surface area contributed by atoms with Gasteiger partial charge in [0.25, 0.3) is 0 Å². The molecule has 0 bridgehead atoms. The van der Waals surface area contributed by atoms with Crippen molar-refractivity contribution in [2.75, 3.05) is 24.5 Å². The molecule has 2 aliphatic rings. The first-order valence-corrected chi connectivity index (χ1v) is 8.39. The van der Waals surface area contributed by atoms with Crippen LogP contribution in [0, 0.1) is 11.8 Å². The molecule has 6 heteroatoms. The van der Waals surface area contributed by atoms with E-state index in [1.54, 1.807) is 11.0 Å². The van der Waals surface area contributed by atoms with E-state index in [4.69, 9.17) is 11.6 Å². The third-order valence-electron chi connectivity index (χ3n) is 4.95. The van der Waals surface area contributed by atoms with Crippen molar-refractivity contribution in [1.82, 2.24) is 4.90 Å². The van der Waals surface area contributed by atoms with E-state index in [0.29, 0.717) is 24.7 Å². The number of hydrogen-bond acceptors (Lipinski definition) is 3. The second-order valence-corrected chi connectivity index (χ2v) is 6.88. The summed E-state index contributed by atoms with van der Waals surface area (Å²) >= 11 is 6.23. The van der Waals surface area contributed by atoms with Crippen LogP contribution in [0.2, 0.25) is 5.02 Å². The number of halogens is 1. The highest BCUT2D eigenvalue weighted by Gasteiger charge is 2.42. The molecule has 1 unspecified atom stereocenters. The summed E-state index contributed by atoms with van der Waals surface area (Å²) < 4.78 is 0. The number of carboxylic acid groups (broad SMARTS) is 1. The molecule has 5 nitrogen and oxygen atoms in total. The number of para-hydroxylation sites is 1. The second-order valence-electron chi connectivity index (χ2n) is 6.48. The largest absolute Gasteiger partial charge is 0.481 e. The van der Waals surface area contributed by atoms with Gasteiger partial charge in [-0.3, -0.25) is 14.5 Å². The van der Waals surface area contributed by atoms with Gasteiger partial charge in [-0.15, -0.1) is 0 Å². The van der Waals surface area contributed by atoms with Crippen LogP contribution >= 0.6 is 11.6 Å². The maximum atomic E-state index is 12.9. The summed E-state index contributed by atoms with van der Waals surface area (Å²) in [6, 6.07) is 7.11. The zero-order valence-corrected chi connectivity index (χ0v) is 13.9. The van der Waals surface area contributed by atoms with E-state index in [1.165, 1.54) is 0 Å². The maximum absolute atomic E-state index is 12.9. The van der Waals surface area contributed by atoms with E-state index in [1.807, 2.05) is 30.0 Å². The number of benzene rings is 1. The Morgan fingerprint density at radius 1 is 1.30 bits per heavy atom. The fourth-order valence-electron chi connectivity index (χ4n) is 3.69. The Morgan fingerprint density at radius 2 is 2.04 bits per heavy atom. The van der Waals surface area contributed by atoms with Crippen molar-refractivity contribution in [1.29, 1.82) is 0 Å². The van der Waals surface area contributed by atoms with E-state index in [9.17, 15) is 14.7 Å². The number of carboxylic acids is 1. The van der Waals surface area contributed by atoms with Gasteiger partial charge in [0.05, 0.1) is 22.7 Å². The molecule has 0 aromatic heterocycles. The third kappa shape index (κ3) is 3.08. The lowest BCUT2D eigenvalue weighted by molar-refractivity contribution is -0.142. The van der Waals surface area contributed by atoms with Gasteiger partial charge in [0, 0.05) is 19.6 Å². The molecule has 0 radical (unpaired) electrons. The van der Waals surface area contributed by atoms with Crippen LogP contribution in [0.25, 0.3) is 0 Å². The number of anilines is 1. The van der Waals surface area contributed by atoms with Gasteiger partial charge in [-0.1, -0.05) is 30.7 Å². The van der Waals surface area contributed by atoms with Crippen LogP contribution in [0.15, 0.2) is 24.3 Å². The monoisotopic (exact) mass is 336 g/mol. The first kappa shape index (κ1) is 16.3. The molecular formula is C17H21ClN2O3. The predicted octanol–water partition coefficient (Wildman–Crippen LogP) is 2.49. The van der Waals surface area contributed by atoms with E-state index in [-0.39, 0.29) is 17.9 Å². The lowest BCUT2D eigenvalue weighted by atomic mass is 9.99. The number of aliphatic carboxylic acids is 1. The standard InChI is InChI=1S/C17H21ClN2O3/c1-11-9-19(10-12(11)17(22)23)15-7-4-8-20(16(15)21)14-6-3-2-5-13(14)18/h2-3,5-6,11-12,15H,4,7-10H2,1H3,(H,22,23)/t11-,12-,15?/m1/s1. The summed E-state index contributed by atoms with van der Waals surface area (Å²) in [5.41, 5.74) is 0.742. The van der Waals surface area contributed by atoms with Crippen molar-refractivity contribution in [3.63, 3.8) is 0 Å². The molecule has 124 valence electrons. The topological polar surface area (TPSA) is 60.9 Å². The molecule has 0 spiro atoms. The highest BCUT2D eigenvalue weighted by molar-refractivity contribution is 6.33. The van der Waals surface area contributed by atoms with Gasteiger partial charge >= 0.3 is 5.97 Å². The number of hydrogen-bond donors (Lipinski definition) is 1. The van der Waals surface area contributed by atoms with Gasteiger partial charge in [-0.05, 0) is 30.9 Å². The fourth-order valence-corrected chi connectivity index (χ4v) is 3.92. The highest BCUT2D eigenvalue weighted by Crippen LogP contribution is 2.32. The third-order valence-corrected chi connectivity index (χ3v) is 5.27. The molecule has 0 saturated carbocycles. The van der Waals surface area contributed by atoms with Crippen LogP contribution in [0.4, 0.5) is 5.69 Å². The van der Waals surface area contributed by atoms with Gasteiger partial charge < -0.3 is 10.0 Å². The van der Waals surface area contributed by atoms with Gasteiger partial charge in [0.15, 0.2) is 0 Å². The van der Waals surface area contributed by atoms with Gasteiger partial charge in [0.1, 0.15) is 0 Å². The number of amides is 1. The number of rotatable bonds is 3. The minimum absolute atomic E-state index is 0.0302. The number of nitrogens with zero attached hydrogens (tertiary/aromatic N) is 2. The minimum Gasteiger partial charge on any atom is -0.481 e. The van der Waals surface area contributed by atoms with Gasteiger partial charge in [0.2, 0.25) is 5.91 Å². The number of likely N-dealkylation sites (tertiary alicyclic amines) is 1. The molecule has 2 heterocycles. The maximum Gasteiger partial charge on any atom is 0.308 e. The lowest BCUT2D eigenvalue weighted by Crippen LogP contribution is -2.52. The summed E-state index contributed by atoms with van der Waals surface area (Å²) in [5, 5.41) is 9.86. The van der Waals surface area contributed by atoms with Gasteiger partial charge in [-0.2, -0.15) is 0 Å². The van der Waals surface area contributed by atoms with Crippen molar-refractivity contribution in [3.8, 4) is 0 Å². The SMILES string of the molecule is C[C@@H]1CN(C2CCCN(c3ccccc3Cl)C2=O)C[C@H]1C(=O)O. The van der Waals surface area contributed by atoms with Crippen LogP contribution < -0.4 is 4.90 Å².